The van der Waals surface area contributed by atoms with Crippen LogP contribution in [0, 0.1) is 5.41 Å². The number of aromatic nitrogens is 4. The highest BCUT2D eigenvalue weighted by atomic mass is 35.5. The van der Waals surface area contributed by atoms with Crippen molar-refractivity contribution in [2.24, 2.45) is 5.41 Å². The van der Waals surface area contributed by atoms with E-state index >= 15 is 0 Å². The fourth-order valence-corrected chi connectivity index (χ4v) is 8.02. The van der Waals surface area contributed by atoms with Crippen LogP contribution in [-0.2, 0) is 4.57 Å². The number of hydrogen-bond donors (Lipinski definition) is 3. The number of anilines is 6. The van der Waals surface area contributed by atoms with Gasteiger partial charge in [0, 0.05) is 37.6 Å². The van der Waals surface area contributed by atoms with Gasteiger partial charge in [0.2, 0.25) is 5.95 Å². The van der Waals surface area contributed by atoms with Gasteiger partial charge in [0.05, 0.1) is 46.9 Å². The molecule has 6 rings (SSSR count). The molecule has 4 aromatic rings. The fraction of sp³-hybridized carbons (Fsp3) is 0.419. The van der Waals surface area contributed by atoms with E-state index in [4.69, 9.17) is 22.1 Å². The monoisotopic (exact) mass is 635 g/mol. The maximum Gasteiger partial charge on any atom is 0.229 e. The molecule has 1 spiro atoms. The van der Waals surface area contributed by atoms with E-state index < -0.39 is 7.14 Å². The highest BCUT2D eigenvalue weighted by molar-refractivity contribution is 7.71. The highest BCUT2D eigenvalue weighted by Gasteiger charge is 2.46. The van der Waals surface area contributed by atoms with Gasteiger partial charge < -0.3 is 35.5 Å². The average molecular weight is 636 g/mol. The van der Waals surface area contributed by atoms with Crippen LogP contribution >= 0.6 is 18.7 Å². The van der Waals surface area contributed by atoms with E-state index in [0.29, 0.717) is 67.4 Å². The van der Waals surface area contributed by atoms with Crippen LogP contribution < -0.4 is 31.3 Å². The minimum Gasteiger partial charge on any atom is -0.494 e. The number of ether oxygens (including phenoxy) is 1. The number of fused-ring (bicyclic) bond motifs is 1. The molecule has 11 nitrogen and oxygen atoms in total. The molecule has 2 aliphatic rings. The van der Waals surface area contributed by atoms with Crippen molar-refractivity contribution in [2.45, 2.75) is 31.7 Å². The van der Waals surface area contributed by atoms with E-state index in [2.05, 4.69) is 54.5 Å². The molecule has 2 aromatic heterocycles. The molecule has 1 saturated carbocycles. The lowest BCUT2D eigenvalue weighted by Crippen LogP contribution is -2.53. The lowest BCUT2D eigenvalue weighted by Gasteiger charge is -2.54. The van der Waals surface area contributed by atoms with Crippen LogP contribution in [0.5, 0.6) is 5.75 Å². The van der Waals surface area contributed by atoms with E-state index in [0.717, 1.165) is 18.8 Å². The third-order valence-electron chi connectivity index (χ3n) is 8.98. The van der Waals surface area contributed by atoms with Gasteiger partial charge in [-0.1, -0.05) is 11.6 Å². The first kappa shape index (κ1) is 30.4. The Kier molecular flexibility index (Phi) is 8.07. The largest absolute Gasteiger partial charge is 0.494 e. The molecule has 2 aromatic carbocycles. The second kappa shape index (κ2) is 11.7. The first-order valence-corrected chi connectivity index (χ1v) is 17.7. The van der Waals surface area contributed by atoms with Crippen molar-refractivity contribution >= 4 is 69.6 Å². The maximum absolute atomic E-state index is 13.3. The van der Waals surface area contributed by atoms with Crippen LogP contribution in [0.3, 0.4) is 0 Å². The van der Waals surface area contributed by atoms with Gasteiger partial charge in [-0.25, -0.2) is 4.98 Å². The molecular weight excluding hydrogens is 597 g/mol. The van der Waals surface area contributed by atoms with Crippen LogP contribution in [0.4, 0.5) is 34.5 Å². The van der Waals surface area contributed by atoms with E-state index in [1.54, 1.807) is 32.8 Å². The SMILES string of the molecule is COc1cc(N2CCC3(CC2)CC(N(C)C)C3)c(N)cc1Nc1ncc(Cl)c(Nc2ccc3nccnc3c2P(C)(C)=O)n1. The van der Waals surface area contributed by atoms with Crippen molar-refractivity contribution < 1.29 is 9.30 Å². The standard InChI is InChI=1S/C31H39ClN9O2P/c1-40(2)19-16-31(17-19)8-12-41(13-9-31)25-15-26(43-3)24(14-21(25)33)38-30-36-18-20(32)29(39-30)37-23-7-6-22-27(35-11-10-34-22)28(23)44(4,5)42/h6-7,10-11,14-15,18-19H,8-9,12-13,16-17,33H2,1-5H3,(H2,36,37,38,39). The summed E-state index contributed by atoms with van der Waals surface area (Å²) >= 11 is 6.52. The number of nitrogens with two attached hydrogens (primary N) is 1. The lowest BCUT2D eigenvalue weighted by molar-refractivity contribution is 0.00492. The number of rotatable bonds is 8. The normalized spacial score (nSPS) is 16.8. The third kappa shape index (κ3) is 5.88. The van der Waals surface area contributed by atoms with E-state index in [1.807, 2.05) is 24.3 Å². The van der Waals surface area contributed by atoms with Crippen molar-refractivity contribution in [2.75, 3.05) is 68.9 Å². The van der Waals surface area contributed by atoms with Crippen LogP contribution in [0.25, 0.3) is 11.0 Å². The van der Waals surface area contributed by atoms with Gasteiger partial charge >= 0.3 is 0 Å². The zero-order chi connectivity index (χ0) is 31.2. The first-order chi connectivity index (χ1) is 21.0. The first-order valence-electron chi connectivity index (χ1n) is 14.7. The Morgan fingerprint density at radius 1 is 1.07 bits per heavy atom. The molecule has 0 bridgehead atoms. The minimum absolute atomic E-state index is 0.293. The highest BCUT2D eigenvalue weighted by Crippen LogP contribution is 2.51. The second-order valence-electron chi connectivity index (χ2n) is 12.5. The molecule has 4 N–H and O–H groups in total. The Balaban J connectivity index is 1.22. The van der Waals surface area contributed by atoms with Gasteiger partial charge in [-0.05, 0) is 76.7 Å². The second-order valence-corrected chi connectivity index (χ2v) is 16.1. The summed E-state index contributed by atoms with van der Waals surface area (Å²) < 4.78 is 19.1. The van der Waals surface area contributed by atoms with Crippen molar-refractivity contribution in [3.05, 3.63) is 47.9 Å². The summed E-state index contributed by atoms with van der Waals surface area (Å²) in [6.07, 6.45) is 9.60. The van der Waals surface area contributed by atoms with Crippen LogP contribution in [0.15, 0.2) is 42.9 Å². The number of methoxy groups -OCH3 is 1. The molecule has 0 atom stereocenters. The smallest absolute Gasteiger partial charge is 0.229 e. The third-order valence-corrected chi connectivity index (χ3v) is 10.8. The van der Waals surface area contributed by atoms with E-state index in [-0.39, 0.29) is 0 Å². The van der Waals surface area contributed by atoms with Gasteiger partial charge in [-0.15, -0.1) is 0 Å². The Morgan fingerprint density at radius 2 is 1.80 bits per heavy atom. The van der Waals surface area contributed by atoms with Gasteiger partial charge in [0.1, 0.15) is 23.4 Å². The zero-order valence-corrected chi connectivity index (χ0v) is 27.4. The summed E-state index contributed by atoms with van der Waals surface area (Å²) in [5.74, 6) is 1.27. The summed E-state index contributed by atoms with van der Waals surface area (Å²) in [5, 5.41) is 7.38. The zero-order valence-electron chi connectivity index (χ0n) is 25.8. The predicted octanol–water partition coefficient (Wildman–Crippen LogP) is 5.71. The number of halogens is 1. The molecule has 2 fully saturated rings. The summed E-state index contributed by atoms with van der Waals surface area (Å²) in [5.41, 5.74) is 11.2. The molecular formula is C31H39ClN9O2P. The van der Waals surface area contributed by atoms with Gasteiger partial charge in [-0.3, -0.25) is 9.97 Å². The van der Waals surface area contributed by atoms with Crippen molar-refractivity contribution in [1.82, 2.24) is 24.8 Å². The number of nitrogens with zero attached hydrogens (tertiary/aromatic N) is 6. The van der Waals surface area contributed by atoms with Crippen molar-refractivity contribution in [1.29, 1.82) is 0 Å². The number of piperidine rings is 1. The Hall–Kier alpha value is -3.66. The van der Waals surface area contributed by atoms with E-state index in [9.17, 15) is 4.57 Å². The van der Waals surface area contributed by atoms with Crippen LogP contribution in [-0.4, -0.2) is 78.5 Å². The summed E-state index contributed by atoms with van der Waals surface area (Å²) in [4.78, 5) is 22.5. The van der Waals surface area contributed by atoms with Crippen molar-refractivity contribution in [3.8, 4) is 5.75 Å². The van der Waals surface area contributed by atoms with Gasteiger partial charge in [0.25, 0.3) is 0 Å². The van der Waals surface area contributed by atoms with Crippen molar-refractivity contribution in [3.63, 3.8) is 0 Å². The van der Waals surface area contributed by atoms with E-state index in [1.165, 1.54) is 31.9 Å². The van der Waals surface area contributed by atoms with Gasteiger partial charge in [0.15, 0.2) is 5.82 Å². The molecule has 13 heteroatoms. The van der Waals surface area contributed by atoms with Crippen LogP contribution in [0.1, 0.15) is 25.7 Å². The maximum atomic E-state index is 13.3. The Bertz CT molecular complexity index is 1750. The number of nitrogens with one attached hydrogen (secondary N) is 2. The lowest BCUT2D eigenvalue weighted by atomic mass is 9.60. The van der Waals surface area contributed by atoms with Gasteiger partial charge in [-0.2, -0.15) is 4.98 Å². The van der Waals surface area contributed by atoms with Crippen LogP contribution in [0.2, 0.25) is 5.02 Å². The Morgan fingerprint density at radius 3 is 2.48 bits per heavy atom. The molecule has 3 heterocycles. The number of nitrogen functional groups attached to an aromatic ring is 1. The molecule has 0 amide bonds. The quantitative estimate of drug-likeness (QED) is 0.162. The molecule has 1 saturated heterocycles. The molecule has 1 aliphatic heterocycles. The molecule has 0 radical (unpaired) electrons. The molecule has 0 unspecified atom stereocenters. The Labute approximate surface area is 263 Å². The topological polar surface area (TPSA) is 134 Å². The fourth-order valence-electron chi connectivity index (χ4n) is 6.49. The summed E-state index contributed by atoms with van der Waals surface area (Å²) in [7, 11) is 3.22. The molecule has 44 heavy (non-hydrogen) atoms. The molecule has 232 valence electrons. The predicted molar refractivity (Wildman–Crippen MR) is 180 cm³/mol. The summed E-state index contributed by atoms with van der Waals surface area (Å²) in [6.45, 7) is 5.35. The number of benzene rings is 2. The minimum atomic E-state index is -2.77. The molecule has 1 aliphatic carbocycles. The summed E-state index contributed by atoms with van der Waals surface area (Å²) in [6, 6.07) is 8.18. The number of hydrogen-bond acceptors (Lipinski definition) is 11. The average Bonchev–Trinajstić information content (AvgIpc) is 2.97.